The molecule has 0 fully saturated rings. The molecule has 2 aromatic carbocycles. The van der Waals surface area contributed by atoms with E-state index in [-0.39, 0.29) is 18.1 Å². The predicted octanol–water partition coefficient (Wildman–Crippen LogP) is 4.08. The number of hydrogen-bond donors (Lipinski definition) is 2. The van der Waals surface area contributed by atoms with Gasteiger partial charge < -0.3 is 24.5 Å². The Morgan fingerprint density at radius 3 is 2.56 bits per heavy atom. The molecule has 7 nitrogen and oxygen atoms in total. The minimum absolute atomic E-state index is 0.0757. The molecule has 0 atom stereocenters. The third kappa shape index (κ3) is 5.78. The molecule has 2 N–H and O–H groups in total. The van der Waals surface area contributed by atoms with Crippen molar-refractivity contribution in [3.8, 4) is 11.5 Å². The van der Waals surface area contributed by atoms with Crippen LogP contribution in [0.25, 0.3) is 6.08 Å². The number of carbonyl (C=O) groups is 2. The molecule has 3 aromatic rings. The molecule has 2 amide bonds. The van der Waals surface area contributed by atoms with Crippen molar-refractivity contribution in [1.82, 2.24) is 10.6 Å². The van der Waals surface area contributed by atoms with Gasteiger partial charge in [0, 0.05) is 18.2 Å². The van der Waals surface area contributed by atoms with Crippen LogP contribution in [-0.2, 0) is 11.3 Å². The van der Waals surface area contributed by atoms with Crippen molar-refractivity contribution in [1.29, 1.82) is 0 Å². The highest BCUT2D eigenvalue weighted by molar-refractivity contribution is 6.05. The van der Waals surface area contributed by atoms with Gasteiger partial charge in [0.25, 0.3) is 11.8 Å². The summed E-state index contributed by atoms with van der Waals surface area (Å²) in [5.74, 6) is 0.839. The lowest BCUT2D eigenvalue weighted by Gasteiger charge is -2.13. The second kappa shape index (κ2) is 10.9. The number of methoxy groups -OCH3 is 1. The number of rotatable bonds is 9. The third-order valence-corrected chi connectivity index (χ3v) is 4.69. The van der Waals surface area contributed by atoms with E-state index >= 15 is 0 Å². The van der Waals surface area contributed by atoms with Crippen LogP contribution < -0.4 is 20.1 Å². The highest BCUT2D eigenvalue weighted by atomic mass is 16.5. The molecule has 0 aliphatic rings. The Morgan fingerprint density at radius 1 is 1.06 bits per heavy atom. The predicted molar refractivity (Wildman–Crippen MR) is 121 cm³/mol. The van der Waals surface area contributed by atoms with Crippen LogP contribution in [0.4, 0.5) is 0 Å². The van der Waals surface area contributed by atoms with Gasteiger partial charge in [-0.3, -0.25) is 9.59 Å². The molecule has 7 heteroatoms. The van der Waals surface area contributed by atoms with Crippen LogP contribution in [0.3, 0.4) is 0 Å². The average Bonchev–Trinajstić information content (AvgIpc) is 3.31. The summed E-state index contributed by atoms with van der Waals surface area (Å²) in [6, 6.07) is 16.0. The summed E-state index contributed by atoms with van der Waals surface area (Å²) < 4.78 is 16.2. The van der Waals surface area contributed by atoms with Crippen LogP contribution in [0.2, 0.25) is 0 Å². The van der Waals surface area contributed by atoms with Crippen LogP contribution in [-0.4, -0.2) is 25.5 Å². The molecule has 0 saturated heterocycles. The van der Waals surface area contributed by atoms with E-state index in [4.69, 9.17) is 13.9 Å². The Kier molecular flexibility index (Phi) is 7.70. The highest BCUT2D eigenvalue weighted by Gasteiger charge is 2.17. The summed E-state index contributed by atoms with van der Waals surface area (Å²) in [4.78, 5) is 25.7. The molecule has 32 heavy (non-hydrogen) atoms. The number of carbonyl (C=O) groups excluding carboxylic acids is 2. The smallest absolute Gasteiger partial charge is 0.268 e. The highest BCUT2D eigenvalue weighted by Crippen LogP contribution is 2.28. The van der Waals surface area contributed by atoms with Crippen LogP contribution >= 0.6 is 0 Å². The Bertz CT molecular complexity index is 1100. The molecule has 0 saturated carbocycles. The number of amides is 2. The summed E-state index contributed by atoms with van der Waals surface area (Å²) in [6.07, 6.45) is 2.99. The zero-order valence-corrected chi connectivity index (χ0v) is 18.3. The van der Waals surface area contributed by atoms with Gasteiger partial charge in [-0.25, -0.2) is 0 Å². The first-order valence-electron chi connectivity index (χ1n) is 10.2. The van der Waals surface area contributed by atoms with Gasteiger partial charge in [0.2, 0.25) is 0 Å². The standard InChI is InChI=1S/C25H26N2O5/c1-4-31-23-14-18(11-12-22(23)30-3)16-26-25(29)21(15-19-9-7-13-32-19)27-24(28)20-10-6-5-8-17(20)2/h5-15H,4,16H2,1-3H3,(H,26,29)(H,27,28)/b21-15-. The SMILES string of the molecule is CCOc1cc(CNC(=O)/C(=C/c2ccco2)NC(=O)c2ccccc2C)ccc1OC. The molecule has 0 bridgehead atoms. The normalized spacial score (nSPS) is 11.0. The average molecular weight is 434 g/mol. The van der Waals surface area contributed by atoms with Crippen molar-refractivity contribution >= 4 is 17.9 Å². The van der Waals surface area contributed by atoms with Gasteiger partial charge in [-0.1, -0.05) is 24.3 Å². The molecule has 0 aliphatic heterocycles. The largest absolute Gasteiger partial charge is 0.493 e. The van der Waals surface area contributed by atoms with Gasteiger partial charge in [0.1, 0.15) is 11.5 Å². The van der Waals surface area contributed by atoms with Crippen molar-refractivity contribution < 1.29 is 23.5 Å². The number of nitrogens with one attached hydrogen (secondary N) is 2. The topological polar surface area (TPSA) is 89.8 Å². The molecular formula is C25H26N2O5. The van der Waals surface area contributed by atoms with Gasteiger partial charge in [-0.05, 0) is 55.3 Å². The second-order valence-corrected chi connectivity index (χ2v) is 6.94. The second-order valence-electron chi connectivity index (χ2n) is 6.94. The fraction of sp³-hybridized carbons (Fsp3) is 0.200. The van der Waals surface area contributed by atoms with E-state index in [0.29, 0.717) is 29.4 Å². The minimum Gasteiger partial charge on any atom is -0.493 e. The third-order valence-electron chi connectivity index (χ3n) is 4.69. The maximum atomic E-state index is 12.9. The minimum atomic E-state index is -0.447. The maximum Gasteiger partial charge on any atom is 0.268 e. The Morgan fingerprint density at radius 2 is 1.88 bits per heavy atom. The summed E-state index contributed by atoms with van der Waals surface area (Å²) >= 11 is 0. The fourth-order valence-corrected chi connectivity index (χ4v) is 3.07. The number of benzene rings is 2. The lowest BCUT2D eigenvalue weighted by Crippen LogP contribution is -2.34. The van der Waals surface area contributed by atoms with Gasteiger partial charge in [0.05, 0.1) is 20.0 Å². The van der Waals surface area contributed by atoms with Gasteiger partial charge in [0.15, 0.2) is 11.5 Å². The summed E-state index contributed by atoms with van der Waals surface area (Å²) in [5, 5.41) is 5.53. The quantitative estimate of drug-likeness (QED) is 0.495. The van der Waals surface area contributed by atoms with E-state index < -0.39 is 5.91 Å². The van der Waals surface area contributed by atoms with E-state index in [1.54, 1.807) is 37.4 Å². The van der Waals surface area contributed by atoms with E-state index in [1.807, 2.05) is 38.1 Å². The van der Waals surface area contributed by atoms with Crippen LogP contribution in [0.15, 0.2) is 71.0 Å². The Labute approximate surface area is 187 Å². The van der Waals surface area contributed by atoms with E-state index in [2.05, 4.69) is 10.6 Å². The Hall–Kier alpha value is -4.00. The van der Waals surface area contributed by atoms with Gasteiger partial charge in [-0.2, -0.15) is 0 Å². The van der Waals surface area contributed by atoms with Crippen LogP contribution in [0.5, 0.6) is 11.5 Å². The van der Waals surface area contributed by atoms with Crippen molar-refractivity contribution in [2.45, 2.75) is 20.4 Å². The number of hydrogen-bond acceptors (Lipinski definition) is 5. The van der Waals surface area contributed by atoms with Crippen molar-refractivity contribution in [2.24, 2.45) is 0 Å². The molecule has 0 radical (unpaired) electrons. The first kappa shape index (κ1) is 22.7. The molecule has 3 rings (SSSR count). The van der Waals surface area contributed by atoms with Crippen LogP contribution in [0.1, 0.15) is 34.2 Å². The van der Waals surface area contributed by atoms with Crippen molar-refractivity contribution in [3.05, 3.63) is 89.0 Å². The Balaban J connectivity index is 1.77. The summed E-state index contributed by atoms with van der Waals surface area (Å²) in [5.41, 5.74) is 2.20. The molecule has 0 spiro atoms. The van der Waals surface area contributed by atoms with Crippen molar-refractivity contribution in [3.63, 3.8) is 0 Å². The number of ether oxygens (including phenoxy) is 2. The molecule has 1 heterocycles. The molecular weight excluding hydrogens is 408 g/mol. The molecule has 1 aromatic heterocycles. The first-order chi connectivity index (χ1) is 15.5. The monoisotopic (exact) mass is 434 g/mol. The summed E-state index contributed by atoms with van der Waals surface area (Å²) in [7, 11) is 1.57. The zero-order chi connectivity index (χ0) is 22.9. The van der Waals surface area contributed by atoms with Gasteiger partial charge in [-0.15, -0.1) is 0 Å². The fourth-order valence-electron chi connectivity index (χ4n) is 3.07. The first-order valence-corrected chi connectivity index (χ1v) is 10.2. The number of furan rings is 1. The van der Waals surface area contributed by atoms with E-state index in [9.17, 15) is 9.59 Å². The lowest BCUT2D eigenvalue weighted by molar-refractivity contribution is -0.117. The van der Waals surface area contributed by atoms with Gasteiger partial charge >= 0.3 is 0 Å². The summed E-state index contributed by atoms with van der Waals surface area (Å²) in [6.45, 7) is 4.45. The van der Waals surface area contributed by atoms with Crippen LogP contribution in [0, 0.1) is 6.92 Å². The lowest BCUT2D eigenvalue weighted by atomic mass is 10.1. The van der Waals surface area contributed by atoms with Crippen molar-refractivity contribution in [2.75, 3.05) is 13.7 Å². The maximum absolute atomic E-state index is 12.9. The van der Waals surface area contributed by atoms with E-state index in [1.165, 1.54) is 12.3 Å². The van der Waals surface area contributed by atoms with E-state index in [0.717, 1.165) is 11.1 Å². The zero-order valence-electron chi connectivity index (χ0n) is 18.3. The molecule has 0 aliphatic carbocycles. The molecule has 0 unspecified atom stereocenters. The number of aryl methyl sites for hydroxylation is 1. The molecule has 166 valence electrons.